The van der Waals surface area contributed by atoms with E-state index in [1.165, 1.54) is 5.56 Å². The van der Waals surface area contributed by atoms with Crippen molar-refractivity contribution in [2.75, 3.05) is 0 Å². The van der Waals surface area contributed by atoms with Crippen LogP contribution < -0.4 is 5.73 Å². The molecule has 0 saturated carbocycles. The molecule has 0 spiro atoms. The molecular formula is C14H23N5. The van der Waals surface area contributed by atoms with Crippen molar-refractivity contribution in [3.63, 3.8) is 0 Å². The third kappa shape index (κ3) is 3.92. The van der Waals surface area contributed by atoms with Crippen molar-refractivity contribution >= 4 is 0 Å². The zero-order chi connectivity index (χ0) is 13.8. The lowest BCUT2D eigenvalue weighted by atomic mass is 10.1. The van der Waals surface area contributed by atoms with Gasteiger partial charge >= 0.3 is 0 Å². The lowest BCUT2D eigenvalue weighted by molar-refractivity contribution is 0.461. The maximum Gasteiger partial charge on any atom is 0.146 e. The molecule has 0 fully saturated rings. The molecule has 1 atom stereocenters. The zero-order valence-electron chi connectivity index (χ0n) is 12.0. The Hall–Kier alpha value is -1.62. The van der Waals surface area contributed by atoms with Crippen LogP contribution in [0.2, 0.25) is 0 Å². The molecule has 0 aromatic carbocycles. The van der Waals surface area contributed by atoms with Gasteiger partial charge in [0.05, 0.1) is 6.54 Å². The molecule has 104 valence electrons. The maximum atomic E-state index is 5.81. The number of nitrogens with zero attached hydrogens (tertiary/aromatic N) is 4. The molecule has 0 radical (unpaired) electrons. The molecule has 0 aliphatic heterocycles. The van der Waals surface area contributed by atoms with Gasteiger partial charge in [-0.05, 0) is 30.9 Å². The Bertz CT molecular complexity index is 509. The summed E-state index contributed by atoms with van der Waals surface area (Å²) in [5, 5.41) is 4.28. The highest BCUT2D eigenvalue weighted by atomic mass is 15.3. The predicted molar refractivity (Wildman–Crippen MR) is 75.7 cm³/mol. The van der Waals surface area contributed by atoms with E-state index >= 15 is 0 Å². The molecule has 2 N–H and O–H groups in total. The SMILES string of the molecule is CC(C)Cn1ncnc1Cn1ccc(CC(C)N)c1. The van der Waals surface area contributed by atoms with E-state index in [4.69, 9.17) is 5.73 Å². The highest BCUT2D eigenvalue weighted by molar-refractivity contribution is 5.12. The molecule has 1 unspecified atom stereocenters. The van der Waals surface area contributed by atoms with Gasteiger partial charge in [-0.3, -0.25) is 0 Å². The van der Waals surface area contributed by atoms with Crippen LogP contribution in [0.1, 0.15) is 32.2 Å². The van der Waals surface area contributed by atoms with Crippen LogP contribution >= 0.6 is 0 Å². The summed E-state index contributed by atoms with van der Waals surface area (Å²) >= 11 is 0. The van der Waals surface area contributed by atoms with Gasteiger partial charge in [0, 0.05) is 25.0 Å². The highest BCUT2D eigenvalue weighted by Crippen LogP contribution is 2.08. The second-order valence-corrected chi connectivity index (χ2v) is 5.63. The summed E-state index contributed by atoms with van der Waals surface area (Å²) in [5.74, 6) is 1.57. The molecular weight excluding hydrogens is 238 g/mol. The molecule has 0 bridgehead atoms. The van der Waals surface area contributed by atoms with Gasteiger partial charge in [0.25, 0.3) is 0 Å². The van der Waals surface area contributed by atoms with E-state index in [1.807, 2.05) is 11.6 Å². The van der Waals surface area contributed by atoms with Crippen molar-refractivity contribution in [3.05, 3.63) is 36.2 Å². The Labute approximate surface area is 114 Å². The molecule has 2 heterocycles. The van der Waals surface area contributed by atoms with Crippen molar-refractivity contribution < 1.29 is 0 Å². The fraction of sp³-hybridized carbons (Fsp3) is 0.571. The molecule has 5 heteroatoms. The Balaban J connectivity index is 2.04. The summed E-state index contributed by atoms with van der Waals surface area (Å²) in [4.78, 5) is 4.34. The Morgan fingerprint density at radius 2 is 2.11 bits per heavy atom. The molecule has 19 heavy (non-hydrogen) atoms. The lowest BCUT2D eigenvalue weighted by Crippen LogP contribution is -2.17. The molecule has 5 nitrogen and oxygen atoms in total. The first-order chi connectivity index (χ1) is 9.04. The second kappa shape index (κ2) is 6.02. The summed E-state index contributed by atoms with van der Waals surface area (Å²) < 4.78 is 4.12. The molecule has 2 aromatic heterocycles. The fourth-order valence-corrected chi connectivity index (χ4v) is 2.15. The van der Waals surface area contributed by atoms with Crippen molar-refractivity contribution in [1.82, 2.24) is 19.3 Å². The number of rotatable bonds is 6. The van der Waals surface area contributed by atoms with Gasteiger partial charge in [-0.1, -0.05) is 13.8 Å². The Morgan fingerprint density at radius 3 is 2.79 bits per heavy atom. The average molecular weight is 261 g/mol. The largest absolute Gasteiger partial charge is 0.346 e. The molecule has 0 aliphatic rings. The van der Waals surface area contributed by atoms with Crippen LogP contribution in [0.3, 0.4) is 0 Å². The summed E-state index contributed by atoms with van der Waals surface area (Å²) in [6, 6.07) is 2.31. The van der Waals surface area contributed by atoms with Gasteiger partial charge in [0.15, 0.2) is 0 Å². The number of hydrogen-bond acceptors (Lipinski definition) is 3. The van der Waals surface area contributed by atoms with Crippen molar-refractivity contribution in [2.45, 2.75) is 46.3 Å². The van der Waals surface area contributed by atoms with Gasteiger partial charge in [-0.15, -0.1) is 0 Å². The lowest BCUT2D eigenvalue weighted by Gasteiger charge is -2.09. The van der Waals surface area contributed by atoms with E-state index < -0.39 is 0 Å². The van der Waals surface area contributed by atoms with Gasteiger partial charge in [-0.25, -0.2) is 9.67 Å². The minimum atomic E-state index is 0.195. The normalized spacial score (nSPS) is 13.1. The summed E-state index contributed by atoms with van der Waals surface area (Å²) in [6.45, 7) is 8.05. The zero-order valence-corrected chi connectivity index (χ0v) is 12.0. The van der Waals surface area contributed by atoms with Crippen LogP contribution in [0.25, 0.3) is 0 Å². The average Bonchev–Trinajstić information content (AvgIpc) is 2.89. The number of nitrogens with two attached hydrogens (primary N) is 1. The first kappa shape index (κ1) is 13.8. The molecule has 0 aliphatic carbocycles. The molecule has 2 rings (SSSR count). The smallest absolute Gasteiger partial charge is 0.146 e. The van der Waals surface area contributed by atoms with E-state index in [0.717, 1.165) is 25.3 Å². The molecule has 0 amide bonds. The number of hydrogen-bond donors (Lipinski definition) is 1. The van der Waals surface area contributed by atoms with Gasteiger partial charge < -0.3 is 10.3 Å². The third-order valence-corrected chi connectivity index (χ3v) is 2.93. The first-order valence-electron chi connectivity index (χ1n) is 6.81. The fourth-order valence-electron chi connectivity index (χ4n) is 2.15. The van der Waals surface area contributed by atoms with Crippen molar-refractivity contribution in [2.24, 2.45) is 11.7 Å². The summed E-state index contributed by atoms with van der Waals surface area (Å²) in [6.07, 6.45) is 6.75. The van der Waals surface area contributed by atoms with Crippen LogP contribution in [0, 0.1) is 5.92 Å². The summed E-state index contributed by atoms with van der Waals surface area (Å²) in [7, 11) is 0. The minimum Gasteiger partial charge on any atom is -0.346 e. The quantitative estimate of drug-likeness (QED) is 0.860. The summed E-state index contributed by atoms with van der Waals surface area (Å²) in [5.41, 5.74) is 7.08. The van der Waals surface area contributed by atoms with Crippen LogP contribution in [0.4, 0.5) is 0 Å². The van der Waals surface area contributed by atoms with Crippen molar-refractivity contribution in [1.29, 1.82) is 0 Å². The number of aromatic nitrogens is 4. The van der Waals surface area contributed by atoms with Crippen LogP contribution in [0.5, 0.6) is 0 Å². The van der Waals surface area contributed by atoms with Crippen LogP contribution in [-0.2, 0) is 19.5 Å². The van der Waals surface area contributed by atoms with E-state index in [9.17, 15) is 0 Å². The first-order valence-corrected chi connectivity index (χ1v) is 6.81. The molecule has 2 aromatic rings. The van der Waals surface area contributed by atoms with E-state index in [-0.39, 0.29) is 6.04 Å². The van der Waals surface area contributed by atoms with E-state index in [1.54, 1.807) is 6.33 Å². The van der Waals surface area contributed by atoms with Gasteiger partial charge in [-0.2, -0.15) is 5.10 Å². The monoisotopic (exact) mass is 261 g/mol. The highest BCUT2D eigenvalue weighted by Gasteiger charge is 2.07. The second-order valence-electron chi connectivity index (χ2n) is 5.63. The van der Waals surface area contributed by atoms with Crippen LogP contribution in [-0.4, -0.2) is 25.4 Å². The van der Waals surface area contributed by atoms with Gasteiger partial charge in [0.1, 0.15) is 12.2 Å². The third-order valence-electron chi connectivity index (χ3n) is 2.93. The van der Waals surface area contributed by atoms with Gasteiger partial charge in [0.2, 0.25) is 0 Å². The topological polar surface area (TPSA) is 61.7 Å². The van der Waals surface area contributed by atoms with Crippen molar-refractivity contribution in [3.8, 4) is 0 Å². The Kier molecular flexibility index (Phi) is 4.37. The van der Waals surface area contributed by atoms with E-state index in [2.05, 4.69) is 47.0 Å². The maximum absolute atomic E-state index is 5.81. The standard InChI is InChI=1S/C14H23N5/c1-11(2)7-19-14(16-10-17-19)9-18-5-4-13(8-18)6-12(3)15/h4-5,8,10-12H,6-7,9,15H2,1-3H3. The van der Waals surface area contributed by atoms with E-state index in [0.29, 0.717) is 5.92 Å². The minimum absolute atomic E-state index is 0.195. The molecule has 0 saturated heterocycles. The Morgan fingerprint density at radius 1 is 1.32 bits per heavy atom. The predicted octanol–water partition coefficient (Wildman–Crippen LogP) is 1.67. The van der Waals surface area contributed by atoms with Crippen LogP contribution in [0.15, 0.2) is 24.8 Å².